The van der Waals surface area contributed by atoms with Gasteiger partial charge < -0.3 is 7.58 Å². The Hall–Kier alpha value is -4.56. The number of hydrogen-bond acceptors (Lipinski definition) is 3. The van der Waals surface area contributed by atoms with Crippen LogP contribution in [0.4, 0.5) is 0 Å². The van der Waals surface area contributed by atoms with Crippen molar-refractivity contribution in [2.24, 2.45) is 0 Å². The lowest BCUT2D eigenvalue weighted by Crippen LogP contribution is -2.12. The van der Waals surface area contributed by atoms with Crippen LogP contribution in [0.15, 0.2) is 146 Å². The number of imidazole rings is 1. The van der Waals surface area contributed by atoms with Crippen LogP contribution in [0.5, 0.6) is 11.5 Å². The third-order valence-corrected chi connectivity index (χ3v) is 6.94. The third-order valence-electron chi connectivity index (χ3n) is 6.22. The first-order chi connectivity index (χ1) is 18.9. The number of para-hydroxylation sites is 3. The molecule has 0 spiro atoms. The average Bonchev–Trinajstić information content (AvgIpc) is 3.40. The fraction of sp³-hybridized carbons (Fsp3) is 0. The molecule has 38 heavy (non-hydrogen) atoms. The summed E-state index contributed by atoms with van der Waals surface area (Å²) in [4.78, 5) is 5.28. The Morgan fingerprint density at radius 3 is 1.76 bits per heavy atom. The lowest BCUT2D eigenvalue weighted by molar-refractivity contribution is 0.459. The van der Waals surface area contributed by atoms with Gasteiger partial charge in [0.05, 0.1) is 28.5 Å². The third kappa shape index (κ3) is 4.99. The molecule has 1 heterocycles. The van der Waals surface area contributed by atoms with E-state index in [4.69, 9.17) is 12.6 Å². The Bertz CT molecular complexity index is 1620. The smallest absolute Gasteiger partial charge is 0.616 e. The van der Waals surface area contributed by atoms with Crippen LogP contribution in [0.25, 0.3) is 39.6 Å². The van der Waals surface area contributed by atoms with Crippen molar-refractivity contribution in [3.8, 4) is 51.1 Å². The predicted molar refractivity (Wildman–Crippen MR) is 153 cm³/mol. The summed E-state index contributed by atoms with van der Waals surface area (Å²) in [5.41, 5.74) is 6.02. The van der Waals surface area contributed by atoms with Gasteiger partial charge in [0.1, 0.15) is 5.82 Å². The van der Waals surface area contributed by atoms with Gasteiger partial charge >= 0.3 is 15.9 Å². The van der Waals surface area contributed by atoms with Crippen LogP contribution in [-0.4, -0.2) is 25.4 Å². The zero-order valence-electron chi connectivity index (χ0n) is 20.6. The molecule has 0 unspecified atom stereocenters. The normalized spacial score (nSPS) is 10.6. The van der Waals surface area contributed by atoms with Crippen molar-refractivity contribution in [1.82, 2.24) is 9.55 Å². The monoisotopic (exact) mass is 507 g/mol. The standard InChI is InChI=1S/C27H20N2O.C6H6O.Al/c30-24-19-11-10-18-23(24)27-28-25(20-12-4-1-5-13-20)26(21-14-6-2-7-15-21)29(27)22-16-8-3-9-17-22;7-6-4-2-1-3-5-6;/h1-19,30H;1-5,7H;/q;;+2/p-2. The summed E-state index contributed by atoms with van der Waals surface area (Å²) in [6.07, 6.45) is 0. The van der Waals surface area contributed by atoms with Gasteiger partial charge in [-0.15, -0.1) is 0 Å². The molecule has 0 aliphatic heterocycles. The number of rotatable bonds is 8. The molecule has 0 N–H and O–H groups in total. The van der Waals surface area contributed by atoms with E-state index in [0.717, 1.165) is 51.1 Å². The highest BCUT2D eigenvalue weighted by atomic mass is 27.2. The van der Waals surface area contributed by atoms with Crippen molar-refractivity contribution in [3.63, 3.8) is 0 Å². The zero-order valence-corrected chi connectivity index (χ0v) is 21.8. The molecule has 1 aromatic heterocycles. The van der Waals surface area contributed by atoms with Gasteiger partial charge in [-0.2, -0.15) is 0 Å². The van der Waals surface area contributed by atoms with Crippen molar-refractivity contribution in [2.75, 3.05) is 0 Å². The zero-order chi connectivity index (χ0) is 25.6. The summed E-state index contributed by atoms with van der Waals surface area (Å²) in [7, 11) is 0. The molecule has 4 nitrogen and oxygen atoms in total. The minimum Gasteiger partial charge on any atom is -0.616 e. The first kappa shape index (κ1) is 23.8. The Morgan fingerprint density at radius 2 is 1.08 bits per heavy atom. The summed E-state index contributed by atoms with van der Waals surface area (Å²) in [6, 6.07) is 48.9. The van der Waals surface area contributed by atoms with E-state index in [1.165, 1.54) is 0 Å². The van der Waals surface area contributed by atoms with Gasteiger partial charge in [-0.25, -0.2) is 4.98 Å². The predicted octanol–water partition coefficient (Wildman–Crippen LogP) is 7.87. The maximum atomic E-state index is 6.25. The van der Waals surface area contributed by atoms with Crippen LogP contribution in [0.2, 0.25) is 0 Å². The van der Waals surface area contributed by atoms with Crippen molar-refractivity contribution in [1.29, 1.82) is 0 Å². The van der Waals surface area contributed by atoms with Gasteiger partial charge in [0.2, 0.25) is 0 Å². The van der Waals surface area contributed by atoms with Gasteiger partial charge in [0.15, 0.2) is 0 Å². The molecule has 0 saturated heterocycles. The minimum absolute atomic E-state index is 0.736. The molecule has 5 aromatic carbocycles. The highest BCUT2D eigenvalue weighted by Crippen LogP contribution is 2.40. The van der Waals surface area contributed by atoms with Gasteiger partial charge in [0, 0.05) is 16.8 Å². The molecule has 0 saturated carbocycles. The second-order valence-corrected chi connectivity index (χ2v) is 9.34. The molecule has 0 aliphatic carbocycles. The summed E-state index contributed by atoms with van der Waals surface area (Å²) >= 11 is -0.762. The summed E-state index contributed by atoms with van der Waals surface area (Å²) < 4.78 is 14.4. The largest absolute Gasteiger partial charge is 0.881 e. The first-order valence-electron chi connectivity index (χ1n) is 12.5. The summed E-state index contributed by atoms with van der Waals surface area (Å²) in [5, 5.41) is 0. The van der Waals surface area contributed by atoms with E-state index < -0.39 is 15.9 Å². The Balaban J connectivity index is 1.52. The quantitative estimate of drug-likeness (QED) is 0.197. The van der Waals surface area contributed by atoms with Gasteiger partial charge in [-0.05, 0) is 36.4 Å². The van der Waals surface area contributed by atoms with E-state index in [9.17, 15) is 0 Å². The van der Waals surface area contributed by atoms with Crippen LogP contribution >= 0.6 is 0 Å². The molecule has 6 rings (SSSR count). The molecule has 0 aliphatic rings. The lowest BCUT2D eigenvalue weighted by Gasteiger charge is -2.16. The summed E-state index contributed by atoms with van der Waals surface area (Å²) in [6.45, 7) is 0. The fourth-order valence-electron chi connectivity index (χ4n) is 4.47. The number of hydrogen-bond donors (Lipinski definition) is 0. The van der Waals surface area contributed by atoms with Gasteiger partial charge in [-0.3, -0.25) is 4.57 Å². The van der Waals surface area contributed by atoms with Crippen LogP contribution in [0, 0.1) is 0 Å². The topological polar surface area (TPSA) is 36.3 Å². The maximum Gasteiger partial charge on any atom is 0.881 e. The number of benzene rings is 5. The molecule has 181 valence electrons. The van der Waals surface area contributed by atoms with Gasteiger partial charge in [-0.1, -0.05) is 109 Å². The molecule has 0 bridgehead atoms. The second-order valence-electron chi connectivity index (χ2n) is 8.68. The van der Waals surface area contributed by atoms with Crippen LogP contribution in [0.3, 0.4) is 0 Å². The molecular weight excluding hydrogens is 483 g/mol. The molecule has 0 atom stereocenters. The van der Waals surface area contributed by atoms with E-state index in [1.807, 2.05) is 78.9 Å². The fourth-order valence-corrected chi connectivity index (χ4v) is 5.10. The van der Waals surface area contributed by atoms with Crippen molar-refractivity contribution < 1.29 is 7.58 Å². The average molecular weight is 508 g/mol. The maximum absolute atomic E-state index is 6.25. The molecule has 0 fully saturated rings. The van der Waals surface area contributed by atoms with Crippen LogP contribution in [0.1, 0.15) is 0 Å². The summed E-state index contributed by atoms with van der Waals surface area (Å²) in [5.74, 6) is 2.34. The highest BCUT2D eigenvalue weighted by Gasteiger charge is 2.24. The number of aromatic nitrogens is 2. The first-order valence-corrected chi connectivity index (χ1v) is 13.4. The van der Waals surface area contributed by atoms with Crippen LogP contribution in [-0.2, 0) is 0 Å². The van der Waals surface area contributed by atoms with Crippen molar-refractivity contribution in [2.45, 2.75) is 0 Å². The molecule has 5 heteroatoms. The van der Waals surface area contributed by atoms with Crippen molar-refractivity contribution >= 4 is 15.9 Å². The van der Waals surface area contributed by atoms with Crippen molar-refractivity contribution in [3.05, 3.63) is 146 Å². The molecule has 0 amide bonds. The highest BCUT2D eigenvalue weighted by molar-refractivity contribution is 6.21. The van der Waals surface area contributed by atoms with E-state index >= 15 is 0 Å². The van der Waals surface area contributed by atoms with E-state index in [0.29, 0.717) is 0 Å². The molecular formula is C33H24AlN2O2. The Morgan fingerprint density at radius 1 is 0.526 bits per heavy atom. The minimum atomic E-state index is -0.762. The Labute approximate surface area is 229 Å². The Kier molecular flexibility index (Phi) is 7.04. The lowest BCUT2D eigenvalue weighted by atomic mass is 10.0. The molecule has 1 radical (unpaired) electrons. The molecule has 6 aromatic rings. The van der Waals surface area contributed by atoms with Crippen LogP contribution < -0.4 is 7.58 Å². The SMILES string of the molecule is c1ccc([O][Al][O]c2ccccc2-c2nc(-c3ccccc3)c(-c3ccccc3)n2-c2ccccc2)cc1. The van der Waals surface area contributed by atoms with Gasteiger partial charge in [0.25, 0.3) is 0 Å². The van der Waals surface area contributed by atoms with E-state index in [1.54, 1.807) is 0 Å². The second kappa shape index (κ2) is 11.2. The van der Waals surface area contributed by atoms with E-state index in [2.05, 4.69) is 71.3 Å². The number of nitrogens with zero attached hydrogens (tertiary/aromatic N) is 2. The van der Waals surface area contributed by atoms with E-state index in [-0.39, 0.29) is 0 Å².